The van der Waals surface area contributed by atoms with Crippen LogP contribution < -0.4 is 10.6 Å². The molecule has 1 aromatic heterocycles. The van der Waals surface area contributed by atoms with Crippen LogP contribution in [-0.4, -0.2) is 18.4 Å². The molecule has 0 unspecified atom stereocenters. The van der Waals surface area contributed by atoms with Gasteiger partial charge in [-0.05, 0) is 60.9 Å². The Balaban J connectivity index is 1.58. The van der Waals surface area contributed by atoms with Crippen LogP contribution in [0.25, 0.3) is 0 Å². The molecule has 1 heterocycles. The number of carbonyl (C=O) groups is 2. The predicted octanol–water partition coefficient (Wildman–Crippen LogP) is 4.83. The highest BCUT2D eigenvalue weighted by Crippen LogP contribution is 2.29. The normalized spacial score (nSPS) is 11.2. The van der Waals surface area contributed by atoms with Gasteiger partial charge in [-0.3, -0.25) is 9.59 Å². The lowest BCUT2D eigenvalue weighted by Crippen LogP contribution is -2.26. The van der Waals surface area contributed by atoms with Crippen LogP contribution >= 0.6 is 0 Å². The van der Waals surface area contributed by atoms with Crippen LogP contribution in [0.3, 0.4) is 0 Å². The van der Waals surface area contributed by atoms with Crippen molar-refractivity contribution in [2.75, 3.05) is 11.9 Å². The third-order valence-electron chi connectivity index (χ3n) is 4.47. The van der Waals surface area contributed by atoms with E-state index in [1.165, 1.54) is 24.5 Å². The number of furan rings is 1. The fraction of sp³-hybridized carbons (Fsp3) is 0.182. The van der Waals surface area contributed by atoms with Gasteiger partial charge in [0.2, 0.25) is 0 Å². The van der Waals surface area contributed by atoms with Gasteiger partial charge >= 0.3 is 6.18 Å². The van der Waals surface area contributed by atoms with Gasteiger partial charge in [0, 0.05) is 17.8 Å². The monoisotopic (exact) mass is 416 g/mol. The number of nitrogens with one attached hydrogen (secondary N) is 2. The molecular weight excluding hydrogens is 397 g/mol. The summed E-state index contributed by atoms with van der Waals surface area (Å²) in [5.41, 5.74) is 1.57. The predicted molar refractivity (Wildman–Crippen MR) is 105 cm³/mol. The van der Waals surface area contributed by atoms with Gasteiger partial charge in [0.25, 0.3) is 11.8 Å². The molecule has 0 atom stereocenters. The number of halogens is 3. The van der Waals surface area contributed by atoms with E-state index in [9.17, 15) is 22.8 Å². The maximum Gasteiger partial charge on any atom is 0.416 e. The number of hydrogen-bond acceptors (Lipinski definition) is 3. The number of aryl methyl sites for hydroxylation is 1. The average Bonchev–Trinajstić information content (AvgIpc) is 3.24. The maximum absolute atomic E-state index is 12.6. The molecule has 2 amide bonds. The van der Waals surface area contributed by atoms with Crippen molar-refractivity contribution in [1.82, 2.24) is 5.32 Å². The van der Waals surface area contributed by atoms with Gasteiger partial charge in [-0.1, -0.05) is 18.2 Å². The molecule has 0 radical (unpaired) electrons. The molecule has 2 aromatic carbocycles. The Morgan fingerprint density at radius 2 is 1.73 bits per heavy atom. The Bertz CT molecular complexity index is 1030. The fourth-order valence-electron chi connectivity index (χ4n) is 2.77. The standard InChI is InChI=1S/C22H19F3N2O3/c1-14-4-7-16(13-18(14)27-21(29)19-3-2-12-30-19)20(28)26-11-10-15-5-8-17(9-6-15)22(23,24)25/h2-9,12-13H,10-11H2,1H3,(H,26,28)(H,27,29). The van der Waals surface area contributed by atoms with Crippen LogP contribution in [-0.2, 0) is 12.6 Å². The van der Waals surface area contributed by atoms with Crippen molar-refractivity contribution in [2.45, 2.75) is 19.5 Å². The molecule has 5 nitrogen and oxygen atoms in total. The number of anilines is 1. The van der Waals surface area contributed by atoms with E-state index in [-0.39, 0.29) is 18.2 Å². The summed E-state index contributed by atoms with van der Waals surface area (Å²) < 4.78 is 42.8. The SMILES string of the molecule is Cc1ccc(C(=O)NCCc2ccc(C(F)(F)F)cc2)cc1NC(=O)c1ccco1. The van der Waals surface area contributed by atoms with Gasteiger partial charge in [-0.25, -0.2) is 0 Å². The van der Waals surface area contributed by atoms with Crippen LogP contribution in [0.1, 0.15) is 37.6 Å². The van der Waals surface area contributed by atoms with E-state index in [0.717, 1.165) is 17.7 Å². The smallest absolute Gasteiger partial charge is 0.416 e. The second-order valence-corrected chi connectivity index (χ2v) is 6.66. The number of carbonyl (C=O) groups excluding carboxylic acids is 2. The summed E-state index contributed by atoms with van der Waals surface area (Å²) in [6, 6.07) is 12.9. The minimum atomic E-state index is -4.37. The third kappa shape index (κ3) is 5.28. The van der Waals surface area contributed by atoms with Crippen molar-refractivity contribution in [1.29, 1.82) is 0 Å². The maximum atomic E-state index is 12.6. The largest absolute Gasteiger partial charge is 0.459 e. The van der Waals surface area contributed by atoms with Gasteiger partial charge in [-0.2, -0.15) is 13.2 Å². The quantitative estimate of drug-likeness (QED) is 0.605. The van der Waals surface area contributed by atoms with Crippen molar-refractivity contribution in [3.8, 4) is 0 Å². The first-order valence-electron chi connectivity index (χ1n) is 9.14. The first kappa shape index (κ1) is 21.2. The lowest BCUT2D eigenvalue weighted by molar-refractivity contribution is -0.137. The molecule has 3 rings (SSSR count). The number of alkyl halides is 3. The molecule has 0 fully saturated rings. The Hall–Kier alpha value is -3.55. The molecule has 30 heavy (non-hydrogen) atoms. The molecule has 8 heteroatoms. The second-order valence-electron chi connectivity index (χ2n) is 6.66. The van der Waals surface area contributed by atoms with Crippen molar-refractivity contribution in [3.63, 3.8) is 0 Å². The van der Waals surface area contributed by atoms with Crippen LogP contribution in [0.2, 0.25) is 0 Å². The van der Waals surface area contributed by atoms with E-state index in [2.05, 4.69) is 10.6 Å². The molecule has 2 N–H and O–H groups in total. The Labute approximate surface area is 170 Å². The summed E-state index contributed by atoms with van der Waals surface area (Å²) in [6.45, 7) is 2.05. The van der Waals surface area contributed by atoms with E-state index in [1.807, 2.05) is 0 Å². The zero-order valence-electron chi connectivity index (χ0n) is 16.0. The molecule has 0 spiro atoms. The van der Waals surface area contributed by atoms with Crippen LogP contribution in [0, 0.1) is 6.92 Å². The first-order chi connectivity index (χ1) is 14.2. The van der Waals surface area contributed by atoms with E-state index < -0.39 is 17.6 Å². The van der Waals surface area contributed by atoms with Crippen LogP contribution in [0.15, 0.2) is 65.3 Å². The summed E-state index contributed by atoms with van der Waals surface area (Å²) in [4.78, 5) is 24.6. The summed E-state index contributed by atoms with van der Waals surface area (Å²) in [7, 11) is 0. The van der Waals surface area contributed by atoms with Gasteiger partial charge in [0.15, 0.2) is 5.76 Å². The molecular formula is C22H19F3N2O3. The van der Waals surface area contributed by atoms with E-state index in [0.29, 0.717) is 23.2 Å². The molecule has 0 aliphatic carbocycles. The number of amides is 2. The zero-order chi connectivity index (χ0) is 21.7. The first-order valence-corrected chi connectivity index (χ1v) is 9.14. The lowest BCUT2D eigenvalue weighted by atomic mass is 10.1. The highest BCUT2D eigenvalue weighted by atomic mass is 19.4. The summed E-state index contributed by atoms with van der Waals surface area (Å²) in [5, 5.41) is 5.43. The Morgan fingerprint density at radius 3 is 2.37 bits per heavy atom. The van der Waals surface area contributed by atoms with E-state index in [4.69, 9.17) is 4.42 Å². The van der Waals surface area contributed by atoms with Crippen LogP contribution in [0.5, 0.6) is 0 Å². The summed E-state index contributed by atoms with van der Waals surface area (Å²) >= 11 is 0. The molecule has 0 aliphatic heterocycles. The Kier molecular flexibility index (Phi) is 6.25. The third-order valence-corrected chi connectivity index (χ3v) is 4.47. The van der Waals surface area contributed by atoms with Gasteiger partial charge in [0.05, 0.1) is 11.8 Å². The van der Waals surface area contributed by atoms with Crippen molar-refractivity contribution < 1.29 is 27.2 Å². The van der Waals surface area contributed by atoms with Crippen molar-refractivity contribution in [2.24, 2.45) is 0 Å². The number of rotatable bonds is 6. The Morgan fingerprint density at radius 1 is 1.00 bits per heavy atom. The molecule has 0 saturated carbocycles. The molecule has 0 saturated heterocycles. The van der Waals surface area contributed by atoms with Crippen molar-refractivity contribution in [3.05, 3.63) is 88.9 Å². The van der Waals surface area contributed by atoms with Gasteiger partial charge in [0.1, 0.15) is 0 Å². The minimum Gasteiger partial charge on any atom is -0.459 e. The highest BCUT2D eigenvalue weighted by molar-refractivity contribution is 6.03. The van der Waals surface area contributed by atoms with Gasteiger partial charge in [-0.15, -0.1) is 0 Å². The summed E-state index contributed by atoms with van der Waals surface area (Å²) in [6.07, 6.45) is -2.59. The van der Waals surface area contributed by atoms with E-state index in [1.54, 1.807) is 31.2 Å². The average molecular weight is 416 g/mol. The molecule has 0 aliphatic rings. The minimum absolute atomic E-state index is 0.154. The highest BCUT2D eigenvalue weighted by Gasteiger charge is 2.29. The fourth-order valence-corrected chi connectivity index (χ4v) is 2.77. The topological polar surface area (TPSA) is 71.3 Å². The van der Waals surface area contributed by atoms with Gasteiger partial charge < -0.3 is 15.1 Å². The molecule has 3 aromatic rings. The van der Waals surface area contributed by atoms with E-state index >= 15 is 0 Å². The zero-order valence-corrected chi connectivity index (χ0v) is 16.0. The van der Waals surface area contributed by atoms with Crippen molar-refractivity contribution >= 4 is 17.5 Å². The number of hydrogen-bond donors (Lipinski definition) is 2. The second kappa shape index (κ2) is 8.86. The lowest BCUT2D eigenvalue weighted by Gasteiger charge is -2.11. The van der Waals surface area contributed by atoms with Crippen LogP contribution in [0.4, 0.5) is 18.9 Å². The molecule has 156 valence electrons. The summed E-state index contributed by atoms with van der Waals surface area (Å²) in [5.74, 6) is -0.626. The molecule has 0 bridgehead atoms. The number of benzene rings is 2.